The van der Waals surface area contributed by atoms with Crippen LogP contribution in [0.5, 0.6) is 0 Å². The molecule has 0 N–H and O–H groups in total. The van der Waals surface area contributed by atoms with Crippen LogP contribution in [-0.2, 0) is 19.1 Å². The lowest BCUT2D eigenvalue weighted by Gasteiger charge is -2.04. The van der Waals surface area contributed by atoms with Crippen LogP contribution < -0.4 is 0 Å². The fourth-order valence-electron chi connectivity index (χ4n) is 2.41. The van der Waals surface area contributed by atoms with Gasteiger partial charge in [0, 0.05) is 20.0 Å². The lowest BCUT2D eigenvalue weighted by molar-refractivity contribution is -0.143. The second-order valence-corrected chi connectivity index (χ2v) is 5.58. The van der Waals surface area contributed by atoms with Gasteiger partial charge in [0.25, 0.3) is 0 Å². The molecule has 0 radical (unpaired) electrons. The zero-order chi connectivity index (χ0) is 15.5. The zero-order valence-electron chi connectivity index (χ0n) is 13.4. The third-order valence-corrected chi connectivity index (χ3v) is 3.77. The monoisotopic (exact) mass is 296 g/mol. The predicted octanol–water partition coefficient (Wildman–Crippen LogP) is 3.58. The normalized spacial score (nSPS) is 17.9. The largest absolute Gasteiger partial charge is 0.466 e. The highest BCUT2D eigenvalue weighted by molar-refractivity contribution is 5.98. The first-order valence-corrected chi connectivity index (χ1v) is 8.09. The van der Waals surface area contributed by atoms with E-state index in [1.807, 2.05) is 6.08 Å². The van der Waals surface area contributed by atoms with Gasteiger partial charge in [-0.05, 0) is 37.3 Å². The molecule has 4 nitrogen and oxygen atoms in total. The van der Waals surface area contributed by atoms with Crippen LogP contribution in [0.15, 0.2) is 11.6 Å². The second kappa shape index (κ2) is 10.6. The molecule has 0 saturated heterocycles. The van der Waals surface area contributed by atoms with Crippen molar-refractivity contribution >= 4 is 11.8 Å². The van der Waals surface area contributed by atoms with Crippen LogP contribution >= 0.6 is 0 Å². The maximum Gasteiger partial charge on any atom is 0.305 e. The molecule has 4 heteroatoms. The Bertz CT molecular complexity index is 360. The first-order valence-electron chi connectivity index (χ1n) is 8.09. The van der Waals surface area contributed by atoms with Crippen molar-refractivity contribution < 1.29 is 19.1 Å². The molecule has 0 heterocycles. The summed E-state index contributed by atoms with van der Waals surface area (Å²) in [5.74, 6) is 0.140. The van der Waals surface area contributed by atoms with Gasteiger partial charge in [-0.1, -0.05) is 26.2 Å². The van der Waals surface area contributed by atoms with Gasteiger partial charge in [-0.3, -0.25) is 9.59 Å². The van der Waals surface area contributed by atoms with E-state index < -0.39 is 0 Å². The zero-order valence-corrected chi connectivity index (χ0v) is 13.4. The van der Waals surface area contributed by atoms with Crippen molar-refractivity contribution in [2.75, 3.05) is 13.7 Å². The van der Waals surface area contributed by atoms with E-state index in [-0.39, 0.29) is 17.9 Å². The molecule has 0 saturated carbocycles. The maximum absolute atomic E-state index is 11.7. The van der Waals surface area contributed by atoms with Crippen molar-refractivity contribution in [3.63, 3.8) is 0 Å². The number of Topliss-reactive ketones (excluding diaryl/α,β-unsaturated/α-hetero) is 1. The summed E-state index contributed by atoms with van der Waals surface area (Å²) in [6, 6.07) is 0. The average Bonchev–Trinajstić information content (AvgIpc) is 2.83. The smallest absolute Gasteiger partial charge is 0.305 e. The molecule has 21 heavy (non-hydrogen) atoms. The number of carbonyl (C=O) groups is 2. The van der Waals surface area contributed by atoms with Gasteiger partial charge in [0.15, 0.2) is 5.78 Å². The van der Waals surface area contributed by atoms with Crippen molar-refractivity contribution in [1.29, 1.82) is 0 Å². The van der Waals surface area contributed by atoms with Crippen LogP contribution in [0, 0.1) is 0 Å². The molecule has 0 aromatic heterocycles. The van der Waals surface area contributed by atoms with Gasteiger partial charge in [0.1, 0.15) is 0 Å². The average molecular weight is 296 g/mol. The molecule has 120 valence electrons. The summed E-state index contributed by atoms with van der Waals surface area (Å²) in [4.78, 5) is 23.1. The third kappa shape index (κ3) is 7.42. The summed E-state index contributed by atoms with van der Waals surface area (Å²) in [6.07, 6.45) is 9.69. The maximum atomic E-state index is 11.7. The second-order valence-electron chi connectivity index (χ2n) is 5.58. The van der Waals surface area contributed by atoms with Gasteiger partial charge >= 0.3 is 5.97 Å². The number of esters is 1. The van der Waals surface area contributed by atoms with Gasteiger partial charge < -0.3 is 9.47 Å². The van der Waals surface area contributed by atoms with Crippen molar-refractivity contribution in [3.8, 4) is 0 Å². The highest BCUT2D eigenvalue weighted by Crippen LogP contribution is 2.22. The molecule has 1 unspecified atom stereocenters. The Kier molecular flexibility index (Phi) is 8.99. The van der Waals surface area contributed by atoms with Crippen LogP contribution in [0.4, 0.5) is 0 Å². The molecule has 1 aliphatic carbocycles. The Morgan fingerprint density at radius 1 is 1.24 bits per heavy atom. The van der Waals surface area contributed by atoms with E-state index in [2.05, 4.69) is 6.92 Å². The number of methoxy groups -OCH3 is 1. The molecule has 0 aromatic rings. The van der Waals surface area contributed by atoms with E-state index in [4.69, 9.17) is 9.47 Å². The van der Waals surface area contributed by atoms with Crippen LogP contribution in [0.1, 0.15) is 64.7 Å². The van der Waals surface area contributed by atoms with E-state index in [0.717, 1.165) is 50.5 Å². The fraction of sp³-hybridized carbons (Fsp3) is 0.765. The van der Waals surface area contributed by atoms with Crippen LogP contribution in [0.25, 0.3) is 0 Å². The lowest BCUT2D eigenvalue weighted by Crippen LogP contribution is -2.05. The first-order chi connectivity index (χ1) is 10.2. The van der Waals surface area contributed by atoms with E-state index in [1.54, 1.807) is 7.11 Å². The topological polar surface area (TPSA) is 52.6 Å². The van der Waals surface area contributed by atoms with Gasteiger partial charge in [0.05, 0.1) is 12.7 Å². The van der Waals surface area contributed by atoms with Crippen LogP contribution in [-0.4, -0.2) is 31.6 Å². The van der Waals surface area contributed by atoms with Crippen molar-refractivity contribution in [1.82, 2.24) is 0 Å². The summed E-state index contributed by atoms with van der Waals surface area (Å²) in [6.45, 7) is 2.62. The number of unbranched alkanes of at least 4 members (excludes halogenated alkanes) is 4. The Morgan fingerprint density at radius 2 is 2.00 bits per heavy atom. The van der Waals surface area contributed by atoms with Gasteiger partial charge in [0.2, 0.25) is 0 Å². The SMILES string of the molecule is CCCCOC(=O)CCCCCCC1=CC(OC)CC1=O. The van der Waals surface area contributed by atoms with E-state index in [9.17, 15) is 9.59 Å². The minimum Gasteiger partial charge on any atom is -0.466 e. The molecule has 1 atom stereocenters. The standard InChI is InChI=1S/C17H28O4/c1-3-4-11-21-17(19)10-8-6-5-7-9-14-12-15(20-2)13-16(14)18/h12,15H,3-11,13H2,1-2H3. The summed E-state index contributed by atoms with van der Waals surface area (Å²) >= 11 is 0. The molecular weight excluding hydrogens is 268 g/mol. The number of carbonyl (C=O) groups excluding carboxylic acids is 2. The first kappa shape index (κ1) is 17.9. The van der Waals surface area contributed by atoms with Gasteiger partial charge in [-0.15, -0.1) is 0 Å². The summed E-state index contributed by atoms with van der Waals surface area (Å²) in [7, 11) is 1.64. The Morgan fingerprint density at radius 3 is 2.67 bits per heavy atom. The number of ether oxygens (including phenoxy) is 2. The van der Waals surface area contributed by atoms with Crippen LogP contribution in [0.2, 0.25) is 0 Å². The van der Waals surface area contributed by atoms with Gasteiger partial charge in [-0.2, -0.15) is 0 Å². The fourth-order valence-corrected chi connectivity index (χ4v) is 2.41. The van der Waals surface area contributed by atoms with E-state index in [0.29, 0.717) is 19.4 Å². The van der Waals surface area contributed by atoms with E-state index >= 15 is 0 Å². The quantitative estimate of drug-likeness (QED) is 0.432. The van der Waals surface area contributed by atoms with E-state index in [1.165, 1.54) is 0 Å². The Balaban J connectivity index is 2.00. The number of allylic oxidation sites excluding steroid dienone is 1. The molecule has 0 aromatic carbocycles. The molecule has 0 fully saturated rings. The summed E-state index contributed by atoms with van der Waals surface area (Å²) < 4.78 is 10.3. The molecular formula is C17H28O4. The van der Waals surface area contributed by atoms with Crippen molar-refractivity contribution in [2.24, 2.45) is 0 Å². The third-order valence-electron chi connectivity index (χ3n) is 3.77. The minimum absolute atomic E-state index is 0.0228. The number of ketones is 1. The molecule has 1 aliphatic rings. The molecule has 0 aliphatic heterocycles. The highest BCUT2D eigenvalue weighted by atomic mass is 16.5. The summed E-state index contributed by atoms with van der Waals surface area (Å²) in [5.41, 5.74) is 0.917. The molecule has 0 spiro atoms. The number of hydrogen-bond donors (Lipinski definition) is 0. The van der Waals surface area contributed by atoms with Crippen LogP contribution in [0.3, 0.4) is 0 Å². The van der Waals surface area contributed by atoms with Crippen molar-refractivity contribution in [3.05, 3.63) is 11.6 Å². The molecule has 0 bridgehead atoms. The number of hydrogen-bond acceptors (Lipinski definition) is 4. The highest BCUT2D eigenvalue weighted by Gasteiger charge is 2.22. The Labute approximate surface area is 127 Å². The Hall–Kier alpha value is -1.16. The van der Waals surface area contributed by atoms with Gasteiger partial charge in [-0.25, -0.2) is 0 Å². The van der Waals surface area contributed by atoms with Crippen molar-refractivity contribution in [2.45, 2.75) is 70.8 Å². The summed E-state index contributed by atoms with van der Waals surface area (Å²) in [5, 5.41) is 0. The lowest BCUT2D eigenvalue weighted by atomic mass is 10.0. The molecule has 0 amide bonds. The minimum atomic E-state index is -0.0833. The molecule has 1 rings (SSSR count). The number of rotatable bonds is 11. The predicted molar refractivity (Wildman–Crippen MR) is 82.1 cm³/mol.